The molecule has 1 atom stereocenters. The molecule has 1 aliphatic heterocycles. The first kappa shape index (κ1) is 12.6. The van der Waals surface area contributed by atoms with Gasteiger partial charge in [-0.15, -0.1) is 0 Å². The van der Waals surface area contributed by atoms with Gasteiger partial charge in [0.2, 0.25) is 0 Å². The van der Waals surface area contributed by atoms with E-state index in [1.54, 1.807) is 0 Å². The van der Waals surface area contributed by atoms with Crippen LogP contribution in [-0.4, -0.2) is 12.6 Å². The number of rotatable bonds is 3. The van der Waals surface area contributed by atoms with E-state index in [-0.39, 0.29) is 0 Å². The summed E-state index contributed by atoms with van der Waals surface area (Å²) in [5.41, 5.74) is 7.64. The molecule has 0 aliphatic carbocycles. The van der Waals surface area contributed by atoms with Gasteiger partial charge in [-0.05, 0) is 43.9 Å². The van der Waals surface area contributed by atoms with Crippen molar-refractivity contribution in [3.8, 4) is 0 Å². The molecule has 0 spiro atoms. The quantitative estimate of drug-likeness (QED) is 0.822. The van der Waals surface area contributed by atoms with Crippen molar-refractivity contribution in [2.75, 3.05) is 17.2 Å². The SMILES string of the molecule is CCCC1CCCCN1c1ccc(N)cc1Cl. The van der Waals surface area contributed by atoms with Gasteiger partial charge in [0.25, 0.3) is 0 Å². The molecule has 2 N–H and O–H groups in total. The monoisotopic (exact) mass is 252 g/mol. The molecule has 1 unspecified atom stereocenters. The predicted octanol–water partition coefficient (Wildman–Crippen LogP) is 4.08. The van der Waals surface area contributed by atoms with Crippen molar-refractivity contribution in [2.45, 2.75) is 45.1 Å². The average molecular weight is 253 g/mol. The Labute approximate surface area is 109 Å². The van der Waals surface area contributed by atoms with Crippen molar-refractivity contribution in [1.29, 1.82) is 0 Å². The maximum atomic E-state index is 6.31. The van der Waals surface area contributed by atoms with Crippen LogP contribution in [0.25, 0.3) is 0 Å². The summed E-state index contributed by atoms with van der Waals surface area (Å²) in [6.45, 7) is 3.37. The number of nitrogens with zero attached hydrogens (tertiary/aromatic N) is 1. The van der Waals surface area contributed by atoms with E-state index in [0.29, 0.717) is 6.04 Å². The third-order valence-corrected chi connectivity index (χ3v) is 3.83. The average Bonchev–Trinajstić information content (AvgIpc) is 2.31. The molecular weight excluding hydrogens is 232 g/mol. The third kappa shape index (κ3) is 2.86. The lowest BCUT2D eigenvalue weighted by atomic mass is 9.97. The van der Waals surface area contributed by atoms with Gasteiger partial charge in [0.05, 0.1) is 10.7 Å². The molecule has 0 radical (unpaired) electrons. The summed E-state index contributed by atoms with van der Waals surface area (Å²) in [7, 11) is 0. The third-order valence-electron chi connectivity index (χ3n) is 3.53. The molecule has 1 aliphatic rings. The predicted molar refractivity (Wildman–Crippen MR) is 75.8 cm³/mol. The molecule has 1 heterocycles. The summed E-state index contributed by atoms with van der Waals surface area (Å²) < 4.78 is 0. The second-order valence-corrected chi connectivity index (χ2v) is 5.25. The van der Waals surface area contributed by atoms with Crippen LogP contribution < -0.4 is 10.6 Å². The van der Waals surface area contributed by atoms with E-state index >= 15 is 0 Å². The minimum atomic E-state index is 0.648. The van der Waals surface area contributed by atoms with Gasteiger partial charge in [0.1, 0.15) is 0 Å². The fourth-order valence-corrected chi connectivity index (χ4v) is 3.00. The Kier molecular flexibility index (Phi) is 4.16. The molecule has 17 heavy (non-hydrogen) atoms. The topological polar surface area (TPSA) is 29.3 Å². The highest BCUT2D eigenvalue weighted by Crippen LogP contribution is 2.33. The molecule has 0 amide bonds. The first-order valence-corrected chi connectivity index (χ1v) is 6.92. The van der Waals surface area contributed by atoms with E-state index in [4.69, 9.17) is 17.3 Å². The molecule has 3 heteroatoms. The summed E-state index contributed by atoms with van der Waals surface area (Å²) >= 11 is 6.31. The summed E-state index contributed by atoms with van der Waals surface area (Å²) in [5, 5.41) is 0.785. The Morgan fingerprint density at radius 3 is 2.94 bits per heavy atom. The number of hydrogen-bond acceptors (Lipinski definition) is 2. The molecule has 1 saturated heterocycles. The highest BCUT2D eigenvalue weighted by molar-refractivity contribution is 6.33. The first-order valence-electron chi connectivity index (χ1n) is 6.54. The van der Waals surface area contributed by atoms with E-state index in [9.17, 15) is 0 Å². The van der Waals surface area contributed by atoms with Gasteiger partial charge in [-0.1, -0.05) is 24.9 Å². The fourth-order valence-electron chi connectivity index (χ4n) is 2.71. The van der Waals surface area contributed by atoms with E-state index in [1.807, 2.05) is 12.1 Å². The van der Waals surface area contributed by atoms with Crippen LogP contribution in [-0.2, 0) is 0 Å². The van der Waals surface area contributed by atoms with E-state index in [2.05, 4.69) is 17.9 Å². The smallest absolute Gasteiger partial charge is 0.0660 e. The van der Waals surface area contributed by atoms with Crippen LogP contribution in [0.4, 0.5) is 11.4 Å². The van der Waals surface area contributed by atoms with E-state index in [1.165, 1.54) is 32.1 Å². The Morgan fingerprint density at radius 1 is 1.41 bits per heavy atom. The number of anilines is 2. The lowest BCUT2D eigenvalue weighted by Gasteiger charge is -2.38. The van der Waals surface area contributed by atoms with Crippen molar-refractivity contribution >= 4 is 23.0 Å². The summed E-state index contributed by atoms with van der Waals surface area (Å²) in [4.78, 5) is 2.47. The molecule has 1 aromatic carbocycles. The van der Waals surface area contributed by atoms with Gasteiger partial charge in [0.15, 0.2) is 0 Å². The van der Waals surface area contributed by atoms with Gasteiger partial charge in [-0.3, -0.25) is 0 Å². The fraction of sp³-hybridized carbons (Fsp3) is 0.571. The minimum absolute atomic E-state index is 0.648. The normalized spacial score (nSPS) is 20.6. The second kappa shape index (κ2) is 5.63. The summed E-state index contributed by atoms with van der Waals surface area (Å²) in [6.07, 6.45) is 6.37. The van der Waals surface area contributed by atoms with Crippen molar-refractivity contribution in [1.82, 2.24) is 0 Å². The van der Waals surface area contributed by atoms with Gasteiger partial charge in [0, 0.05) is 18.3 Å². The Hall–Kier alpha value is -0.890. The molecular formula is C14H21ClN2. The number of halogens is 1. The second-order valence-electron chi connectivity index (χ2n) is 4.84. The number of benzene rings is 1. The van der Waals surface area contributed by atoms with Crippen LogP contribution in [0.5, 0.6) is 0 Å². The van der Waals surface area contributed by atoms with Crippen LogP contribution in [0, 0.1) is 0 Å². The largest absolute Gasteiger partial charge is 0.399 e. The van der Waals surface area contributed by atoms with Gasteiger partial charge in [-0.2, -0.15) is 0 Å². The minimum Gasteiger partial charge on any atom is -0.399 e. The molecule has 2 rings (SSSR count). The van der Waals surface area contributed by atoms with Crippen molar-refractivity contribution in [3.63, 3.8) is 0 Å². The molecule has 1 fully saturated rings. The van der Waals surface area contributed by atoms with Crippen LogP contribution in [0.2, 0.25) is 5.02 Å². The number of nitrogens with two attached hydrogens (primary N) is 1. The molecule has 0 saturated carbocycles. The van der Waals surface area contributed by atoms with Crippen LogP contribution in [0.3, 0.4) is 0 Å². The first-order chi connectivity index (χ1) is 8.22. The number of piperidine rings is 1. The zero-order chi connectivity index (χ0) is 12.3. The highest BCUT2D eigenvalue weighted by Gasteiger charge is 2.23. The zero-order valence-electron chi connectivity index (χ0n) is 10.5. The van der Waals surface area contributed by atoms with Gasteiger partial charge in [-0.25, -0.2) is 0 Å². The maximum Gasteiger partial charge on any atom is 0.0660 e. The van der Waals surface area contributed by atoms with Gasteiger partial charge < -0.3 is 10.6 Å². The lowest BCUT2D eigenvalue weighted by molar-refractivity contribution is 0.435. The standard InChI is InChI=1S/C14H21ClN2/c1-2-5-12-6-3-4-9-17(12)14-8-7-11(16)10-13(14)15/h7-8,10,12H,2-6,9,16H2,1H3. The summed E-state index contributed by atoms with van der Waals surface area (Å²) in [5.74, 6) is 0. The van der Waals surface area contributed by atoms with Crippen molar-refractivity contribution < 1.29 is 0 Å². The van der Waals surface area contributed by atoms with Crippen LogP contribution in [0.15, 0.2) is 18.2 Å². The highest BCUT2D eigenvalue weighted by atomic mass is 35.5. The Bertz CT molecular complexity index is 376. The van der Waals surface area contributed by atoms with Gasteiger partial charge >= 0.3 is 0 Å². The molecule has 1 aromatic rings. The molecule has 0 aromatic heterocycles. The Morgan fingerprint density at radius 2 is 2.24 bits per heavy atom. The molecule has 0 bridgehead atoms. The molecule has 94 valence electrons. The van der Waals surface area contributed by atoms with Crippen molar-refractivity contribution in [3.05, 3.63) is 23.2 Å². The lowest BCUT2D eigenvalue weighted by Crippen LogP contribution is -2.39. The Balaban J connectivity index is 2.23. The zero-order valence-corrected chi connectivity index (χ0v) is 11.2. The maximum absolute atomic E-state index is 6.31. The van der Waals surface area contributed by atoms with E-state index < -0.39 is 0 Å². The molecule has 2 nitrogen and oxygen atoms in total. The number of nitrogen functional groups attached to an aromatic ring is 1. The van der Waals surface area contributed by atoms with E-state index in [0.717, 1.165) is 22.9 Å². The van der Waals surface area contributed by atoms with Crippen LogP contribution in [0.1, 0.15) is 39.0 Å². The number of hydrogen-bond donors (Lipinski definition) is 1. The summed E-state index contributed by atoms with van der Waals surface area (Å²) in [6, 6.07) is 6.51. The van der Waals surface area contributed by atoms with Crippen molar-refractivity contribution in [2.24, 2.45) is 0 Å². The van der Waals surface area contributed by atoms with Crippen LogP contribution >= 0.6 is 11.6 Å².